The summed E-state index contributed by atoms with van der Waals surface area (Å²) in [5.74, 6) is 0.751. The lowest BCUT2D eigenvalue weighted by atomic mass is 9.67. The molecule has 4 heteroatoms. The van der Waals surface area contributed by atoms with E-state index < -0.39 is 10.8 Å². The molecule has 1 N–H and O–H groups in total. The van der Waals surface area contributed by atoms with Crippen LogP contribution < -0.4 is 5.32 Å². The molecule has 79 heavy (non-hydrogen) atoms. The van der Waals surface area contributed by atoms with Gasteiger partial charge in [-0.25, -0.2) is 4.99 Å². The molecule has 0 saturated heterocycles. The molecule has 2 aliphatic carbocycles. The molecule has 3 heterocycles. The van der Waals surface area contributed by atoms with Gasteiger partial charge in [0.25, 0.3) is 0 Å². The minimum Gasteiger partial charge on any atom is -0.325 e. The van der Waals surface area contributed by atoms with E-state index in [1.165, 1.54) is 93.9 Å². The van der Waals surface area contributed by atoms with Crippen molar-refractivity contribution >= 4 is 55.3 Å². The third-order valence-electron chi connectivity index (χ3n) is 18.1. The Morgan fingerprint density at radius 3 is 1.29 bits per heavy atom. The molecule has 0 fully saturated rings. The second kappa shape index (κ2) is 17.4. The van der Waals surface area contributed by atoms with Gasteiger partial charge in [0.2, 0.25) is 5.96 Å². The van der Waals surface area contributed by atoms with Crippen molar-refractivity contribution in [2.75, 3.05) is 0 Å². The standard InChI is InChI=1S/C75H54N4/c1-48-49(2)72(78-67-42-24-20-38-57(67)61-44-65-59(46-69(61)78)55-36-18-22-40-63(55)74(65,51-28-10-4-11-29-51)52-30-12-5-13-31-52)77-73(76-71(48)50-26-8-3-9-27-50)79-68-43-25-21-39-58(68)62-45-66-60(47-70(62)79)56-37-19-23-41-64(56)75(66,53-32-14-6-15-33-53)54-34-16-7-17-35-54/h3-47,49,72H,1-2H3,(H,76,77). The van der Waals surface area contributed by atoms with Gasteiger partial charge in [-0.15, -0.1) is 0 Å². The zero-order valence-corrected chi connectivity index (χ0v) is 44.0. The van der Waals surface area contributed by atoms with Crippen LogP contribution >= 0.6 is 0 Å². The molecule has 0 spiro atoms. The van der Waals surface area contributed by atoms with Gasteiger partial charge in [0.05, 0.1) is 32.9 Å². The van der Waals surface area contributed by atoms with Crippen LogP contribution in [0.5, 0.6) is 0 Å². The molecule has 11 aromatic carbocycles. The van der Waals surface area contributed by atoms with E-state index in [0.717, 1.165) is 39.3 Å². The fourth-order valence-electron chi connectivity index (χ4n) is 14.6. The Morgan fingerprint density at radius 1 is 0.367 bits per heavy atom. The number of fused-ring (bicyclic) bond motifs is 12. The molecule has 1 aliphatic heterocycles. The molecular weight excluding hydrogens is 957 g/mol. The zero-order chi connectivity index (χ0) is 52.4. The highest BCUT2D eigenvalue weighted by molar-refractivity contribution is 6.17. The van der Waals surface area contributed by atoms with E-state index in [1.807, 2.05) is 0 Å². The van der Waals surface area contributed by atoms with Crippen molar-refractivity contribution in [1.29, 1.82) is 0 Å². The normalized spacial score (nSPS) is 16.8. The molecule has 16 rings (SSSR count). The van der Waals surface area contributed by atoms with E-state index in [0.29, 0.717) is 0 Å². The molecular formula is C75H54N4. The average molecular weight is 1010 g/mol. The number of para-hydroxylation sites is 2. The Bertz CT molecular complexity index is 4560. The number of aromatic nitrogens is 2. The Hall–Kier alpha value is -9.77. The van der Waals surface area contributed by atoms with E-state index in [2.05, 4.69) is 301 Å². The van der Waals surface area contributed by atoms with Crippen LogP contribution in [0, 0.1) is 5.92 Å². The summed E-state index contributed by atoms with van der Waals surface area (Å²) >= 11 is 0. The minimum absolute atomic E-state index is 0.0333. The summed E-state index contributed by atoms with van der Waals surface area (Å²) in [7, 11) is 0. The summed E-state index contributed by atoms with van der Waals surface area (Å²) in [5, 5.41) is 8.92. The van der Waals surface area contributed by atoms with Gasteiger partial charge >= 0.3 is 0 Å². The van der Waals surface area contributed by atoms with Gasteiger partial charge in [-0.1, -0.05) is 244 Å². The van der Waals surface area contributed by atoms with Crippen LogP contribution in [-0.2, 0) is 10.8 Å². The first-order valence-electron chi connectivity index (χ1n) is 27.7. The van der Waals surface area contributed by atoms with Crippen molar-refractivity contribution in [3.05, 3.63) is 329 Å². The maximum Gasteiger partial charge on any atom is 0.209 e. The fourth-order valence-corrected chi connectivity index (χ4v) is 14.6. The average Bonchev–Trinajstić information content (AvgIpc) is 4.39. The maximum atomic E-state index is 6.18. The molecule has 0 amide bonds. The number of hydrogen-bond acceptors (Lipinski definition) is 2. The van der Waals surface area contributed by atoms with E-state index in [4.69, 9.17) is 4.99 Å². The Balaban J connectivity index is 0.986. The maximum absolute atomic E-state index is 6.18. The summed E-state index contributed by atoms with van der Waals surface area (Å²) in [6.45, 7) is 4.68. The molecule has 0 bridgehead atoms. The molecule has 13 aromatic rings. The van der Waals surface area contributed by atoms with Crippen molar-refractivity contribution in [1.82, 2.24) is 14.5 Å². The summed E-state index contributed by atoms with van der Waals surface area (Å²) in [4.78, 5) is 6.18. The second-order valence-corrected chi connectivity index (χ2v) is 21.8. The predicted molar refractivity (Wildman–Crippen MR) is 327 cm³/mol. The number of benzene rings is 11. The zero-order valence-electron chi connectivity index (χ0n) is 44.0. The van der Waals surface area contributed by atoms with E-state index in [9.17, 15) is 0 Å². The highest BCUT2D eigenvalue weighted by atomic mass is 15.3. The van der Waals surface area contributed by atoms with Gasteiger partial charge < -0.3 is 9.88 Å². The molecule has 2 aromatic heterocycles. The number of rotatable bonds is 6. The van der Waals surface area contributed by atoms with E-state index >= 15 is 0 Å². The molecule has 0 radical (unpaired) electrons. The van der Waals surface area contributed by atoms with Gasteiger partial charge in [-0.2, -0.15) is 0 Å². The SMILES string of the molecule is CC1=C(c2ccccc2)NC(n2c3ccccc3c3cc4c(cc32)-c2ccccc2C4(c2ccccc2)c2ccccc2)=NC(n2c3ccccc3c3cc4c(cc32)-c2ccccc2C4(c2ccccc2)c2ccccc2)C1C. The third-order valence-corrected chi connectivity index (χ3v) is 18.1. The summed E-state index contributed by atoms with van der Waals surface area (Å²) in [6, 6.07) is 101. The lowest BCUT2D eigenvalue weighted by Crippen LogP contribution is -2.30. The molecule has 2 unspecified atom stereocenters. The molecule has 4 nitrogen and oxygen atoms in total. The first-order valence-corrected chi connectivity index (χ1v) is 27.7. The summed E-state index contributed by atoms with van der Waals surface area (Å²) in [6.07, 6.45) is -0.357. The van der Waals surface area contributed by atoms with Crippen LogP contribution in [0.1, 0.15) is 70.1 Å². The number of nitrogens with zero attached hydrogens (tertiary/aromatic N) is 3. The largest absolute Gasteiger partial charge is 0.325 e. The molecule has 0 saturated carbocycles. The predicted octanol–water partition coefficient (Wildman–Crippen LogP) is 17.7. The first-order chi connectivity index (χ1) is 39.0. The highest BCUT2D eigenvalue weighted by Crippen LogP contribution is 2.59. The van der Waals surface area contributed by atoms with E-state index in [-0.39, 0.29) is 12.1 Å². The number of hydrogen-bond donors (Lipinski definition) is 1. The molecule has 3 aliphatic rings. The van der Waals surface area contributed by atoms with Crippen molar-refractivity contribution in [2.45, 2.75) is 30.8 Å². The quantitative estimate of drug-likeness (QED) is 0.177. The van der Waals surface area contributed by atoms with Crippen LogP contribution in [0.15, 0.2) is 284 Å². The van der Waals surface area contributed by atoms with Gasteiger partial charge in [0.15, 0.2) is 0 Å². The summed E-state index contributed by atoms with van der Waals surface area (Å²) in [5.41, 5.74) is 22.1. The Kier molecular flexibility index (Phi) is 9.99. The van der Waals surface area contributed by atoms with Crippen LogP contribution in [0.4, 0.5) is 0 Å². The van der Waals surface area contributed by atoms with E-state index in [1.54, 1.807) is 0 Å². The monoisotopic (exact) mass is 1010 g/mol. The fraction of sp³-hybridized carbons (Fsp3) is 0.0800. The van der Waals surface area contributed by atoms with Gasteiger partial charge in [0, 0.05) is 33.2 Å². The van der Waals surface area contributed by atoms with Crippen LogP contribution in [0.2, 0.25) is 0 Å². The first kappa shape index (κ1) is 45.4. The van der Waals surface area contributed by atoms with Crippen molar-refractivity contribution in [3.8, 4) is 22.3 Å². The number of aliphatic imine (C=N–C) groups is 1. The van der Waals surface area contributed by atoms with Gasteiger partial charge in [0.1, 0.15) is 6.17 Å². The Morgan fingerprint density at radius 2 is 0.772 bits per heavy atom. The second-order valence-electron chi connectivity index (χ2n) is 21.8. The molecule has 2 atom stereocenters. The highest BCUT2D eigenvalue weighted by Gasteiger charge is 2.48. The van der Waals surface area contributed by atoms with Crippen LogP contribution in [0.25, 0.3) is 71.6 Å². The third kappa shape index (κ3) is 6.28. The summed E-state index contributed by atoms with van der Waals surface area (Å²) < 4.78 is 4.99. The van der Waals surface area contributed by atoms with Crippen molar-refractivity contribution in [2.24, 2.45) is 10.9 Å². The Labute approximate surface area is 459 Å². The minimum atomic E-state index is -0.538. The van der Waals surface area contributed by atoms with Gasteiger partial charge in [-0.3, -0.25) is 4.57 Å². The smallest absolute Gasteiger partial charge is 0.209 e. The number of nitrogens with one attached hydrogen (secondary N) is 1. The van der Waals surface area contributed by atoms with Crippen LogP contribution in [-0.4, -0.2) is 15.1 Å². The van der Waals surface area contributed by atoms with Gasteiger partial charge in [-0.05, 0) is 121 Å². The molecule has 374 valence electrons. The van der Waals surface area contributed by atoms with Crippen molar-refractivity contribution in [3.63, 3.8) is 0 Å². The van der Waals surface area contributed by atoms with Crippen molar-refractivity contribution < 1.29 is 0 Å². The topological polar surface area (TPSA) is 34.2 Å². The lowest BCUT2D eigenvalue weighted by molar-refractivity contribution is 0.431. The van der Waals surface area contributed by atoms with Crippen LogP contribution in [0.3, 0.4) is 0 Å². The lowest BCUT2D eigenvalue weighted by Gasteiger charge is -2.34.